The molecule has 16 heavy (non-hydrogen) atoms. The SMILES string of the molecule is CCC12CNC(Cc3ccc(OC)cc31)C2. The van der Waals surface area contributed by atoms with Crippen LogP contribution in [0.25, 0.3) is 0 Å². The van der Waals surface area contributed by atoms with E-state index in [1.165, 1.54) is 30.4 Å². The first kappa shape index (κ1) is 10.2. The number of ether oxygens (including phenoxy) is 1. The van der Waals surface area contributed by atoms with Crippen LogP contribution in [0.4, 0.5) is 0 Å². The summed E-state index contributed by atoms with van der Waals surface area (Å²) < 4.78 is 5.36. The van der Waals surface area contributed by atoms with E-state index in [1.807, 2.05) is 0 Å². The molecule has 1 aromatic rings. The molecule has 1 aromatic carbocycles. The molecule has 3 rings (SSSR count). The van der Waals surface area contributed by atoms with E-state index in [-0.39, 0.29) is 0 Å². The first-order valence-electron chi connectivity index (χ1n) is 6.18. The second kappa shape index (κ2) is 3.49. The van der Waals surface area contributed by atoms with Crippen molar-refractivity contribution in [3.63, 3.8) is 0 Å². The predicted molar refractivity (Wildman–Crippen MR) is 65.1 cm³/mol. The van der Waals surface area contributed by atoms with Crippen molar-refractivity contribution >= 4 is 0 Å². The summed E-state index contributed by atoms with van der Waals surface area (Å²) in [6, 6.07) is 7.29. The minimum atomic E-state index is 0.368. The highest BCUT2D eigenvalue weighted by atomic mass is 16.5. The largest absolute Gasteiger partial charge is 0.497 e. The van der Waals surface area contributed by atoms with Crippen molar-refractivity contribution in [1.82, 2.24) is 5.32 Å². The van der Waals surface area contributed by atoms with Gasteiger partial charge in [0.2, 0.25) is 0 Å². The number of fused-ring (bicyclic) bond motifs is 4. The van der Waals surface area contributed by atoms with Crippen molar-refractivity contribution < 1.29 is 4.74 Å². The Hall–Kier alpha value is -1.02. The third-order valence-corrected chi connectivity index (χ3v) is 4.40. The Kier molecular flexibility index (Phi) is 2.21. The van der Waals surface area contributed by atoms with Crippen LogP contribution >= 0.6 is 0 Å². The molecule has 2 heteroatoms. The zero-order chi connectivity index (χ0) is 11.2. The lowest BCUT2D eigenvalue weighted by Gasteiger charge is -2.34. The van der Waals surface area contributed by atoms with Gasteiger partial charge in [-0.05, 0) is 42.5 Å². The van der Waals surface area contributed by atoms with E-state index < -0.39 is 0 Å². The Morgan fingerprint density at radius 2 is 2.38 bits per heavy atom. The highest BCUT2D eigenvalue weighted by Crippen LogP contribution is 2.44. The third-order valence-electron chi connectivity index (χ3n) is 4.40. The molecule has 2 bridgehead atoms. The van der Waals surface area contributed by atoms with E-state index >= 15 is 0 Å². The molecule has 0 amide bonds. The molecule has 0 saturated carbocycles. The van der Waals surface area contributed by atoms with Crippen molar-refractivity contribution in [2.75, 3.05) is 13.7 Å². The molecule has 2 unspecified atom stereocenters. The molecule has 2 aliphatic rings. The number of hydrogen-bond donors (Lipinski definition) is 1. The first-order chi connectivity index (χ1) is 7.77. The molecular weight excluding hydrogens is 198 g/mol. The highest BCUT2D eigenvalue weighted by Gasteiger charge is 2.44. The second-order valence-corrected chi connectivity index (χ2v) is 5.14. The number of hydrogen-bond acceptors (Lipinski definition) is 2. The van der Waals surface area contributed by atoms with E-state index in [9.17, 15) is 0 Å². The lowest BCUT2D eigenvalue weighted by Crippen LogP contribution is -2.31. The van der Waals surface area contributed by atoms with Gasteiger partial charge in [0.05, 0.1) is 7.11 Å². The van der Waals surface area contributed by atoms with Gasteiger partial charge in [-0.1, -0.05) is 13.0 Å². The summed E-state index contributed by atoms with van der Waals surface area (Å²) in [7, 11) is 1.75. The fraction of sp³-hybridized carbons (Fsp3) is 0.571. The summed E-state index contributed by atoms with van der Waals surface area (Å²) in [6.07, 6.45) is 3.70. The van der Waals surface area contributed by atoms with Crippen molar-refractivity contribution in [2.45, 2.75) is 37.6 Å². The molecular formula is C14H19NO. The van der Waals surface area contributed by atoms with Gasteiger partial charge in [-0.15, -0.1) is 0 Å². The lowest BCUT2D eigenvalue weighted by atomic mass is 9.70. The third kappa shape index (κ3) is 1.29. The molecule has 1 saturated heterocycles. The molecule has 1 N–H and O–H groups in total. The molecule has 2 atom stereocenters. The molecule has 1 aliphatic heterocycles. The monoisotopic (exact) mass is 217 g/mol. The Balaban J connectivity index is 2.13. The van der Waals surface area contributed by atoms with Gasteiger partial charge in [0, 0.05) is 18.0 Å². The van der Waals surface area contributed by atoms with Gasteiger partial charge in [-0.3, -0.25) is 0 Å². The number of benzene rings is 1. The van der Waals surface area contributed by atoms with Gasteiger partial charge < -0.3 is 10.1 Å². The second-order valence-electron chi connectivity index (χ2n) is 5.14. The van der Waals surface area contributed by atoms with Crippen molar-refractivity contribution in [3.05, 3.63) is 29.3 Å². The summed E-state index contributed by atoms with van der Waals surface area (Å²) >= 11 is 0. The van der Waals surface area contributed by atoms with Gasteiger partial charge in [-0.2, -0.15) is 0 Å². The van der Waals surface area contributed by atoms with Crippen LogP contribution in [-0.4, -0.2) is 19.7 Å². The molecule has 0 aromatic heterocycles. The van der Waals surface area contributed by atoms with Crippen molar-refractivity contribution in [2.24, 2.45) is 0 Å². The fourth-order valence-electron chi connectivity index (χ4n) is 3.38. The lowest BCUT2D eigenvalue weighted by molar-refractivity contribution is 0.397. The summed E-state index contributed by atoms with van der Waals surface area (Å²) in [6.45, 7) is 3.44. The highest BCUT2D eigenvalue weighted by molar-refractivity contribution is 5.45. The quantitative estimate of drug-likeness (QED) is 0.820. The topological polar surface area (TPSA) is 21.3 Å². The molecule has 1 heterocycles. The van der Waals surface area contributed by atoms with E-state index in [0.717, 1.165) is 12.3 Å². The maximum absolute atomic E-state index is 5.36. The van der Waals surface area contributed by atoms with Crippen LogP contribution in [0.1, 0.15) is 30.9 Å². The maximum atomic E-state index is 5.36. The summed E-state index contributed by atoms with van der Waals surface area (Å²) in [4.78, 5) is 0. The van der Waals surface area contributed by atoms with E-state index in [1.54, 1.807) is 7.11 Å². The van der Waals surface area contributed by atoms with E-state index in [4.69, 9.17) is 4.74 Å². The van der Waals surface area contributed by atoms with Crippen LogP contribution in [0.2, 0.25) is 0 Å². The van der Waals surface area contributed by atoms with Crippen molar-refractivity contribution in [3.8, 4) is 5.75 Å². The summed E-state index contributed by atoms with van der Waals surface area (Å²) in [5, 5.41) is 3.65. The van der Waals surface area contributed by atoms with E-state index in [2.05, 4.69) is 30.4 Å². The molecule has 1 aliphatic carbocycles. The van der Waals surface area contributed by atoms with Gasteiger partial charge >= 0.3 is 0 Å². The van der Waals surface area contributed by atoms with Crippen LogP contribution < -0.4 is 10.1 Å². The summed E-state index contributed by atoms with van der Waals surface area (Å²) in [5.41, 5.74) is 3.41. The Labute approximate surface area is 97.0 Å². The first-order valence-corrected chi connectivity index (χ1v) is 6.18. The Morgan fingerprint density at radius 1 is 1.50 bits per heavy atom. The van der Waals surface area contributed by atoms with Crippen molar-refractivity contribution in [1.29, 1.82) is 0 Å². The van der Waals surface area contributed by atoms with Crippen LogP contribution in [0.3, 0.4) is 0 Å². The molecule has 0 radical (unpaired) electrons. The molecule has 2 nitrogen and oxygen atoms in total. The average molecular weight is 217 g/mol. The van der Waals surface area contributed by atoms with Gasteiger partial charge in [-0.25, -0.2) is 0 Å². The van der Waals surface area contributed by atoms with Crippen LogP contribution in [0, 0.1) is 0 Å². The normalized spacial score (nSPS) is 31.2. The summed E-state index contributed by atoms with van der Waals surface area (Å²) in [5.74, 6) is 0.997. The minimum absolute atomic E-state index is 0.368. The van der Waals surface area contributed by atoms with Crippen LogP contribution in [0.5, 0.6) is 5.75 Å². The maximum Gasteiger partial charge on any atom is 0.119 e. The smallest absolute Gasteiger partial charge is 0.119 e. The van der Waals surface area contributed by atoms with Gasteiger partial charge in [0.15, 0.2) is 0 Å². The number of methoxy groups -OCH3 is 1. The predicted octanol–water partition coefficient (Wildman–Crippen LogP) is 2.26. The molecule has 86 valence electrons. The average Bonchev–Trinajstić information content (AvgIpc) is 2.69. The zero-order valence-electron chi connectivity index (χ0n) is 10.0. The van der Waals surface area contributed by atoms with Crippen LogP contribution in [-0.2, 0) is 11.8 Å². The fourth-order valence-corrected chi connectivity index (χ4v) is 3.38. The van der Waals surface area contributed by atoms with Crippen LogP contribution in [0.15, 0.2) is 18.2 Å². The van der Waals surface area contributed by atoms with Gasteiger partial charge in [0.25, 0.3) is 0 Å². The standard InChI is InChI=1S/C14H19NO/c1-3-14-8-11(15-9-14)6-10-4-5-12(16-2)7-13(10)14/h4-5,7,11,15H,3,6,8-9H2,1-2H3. The number of rotatable bonds is 2. The van der Waals surface area contributed by atoms with Gasteiger partial charge in [0.1, 0.15) is 5.75 Å². The molecule has 1 fully saturated rings. The van der Waals surface area contributed by atoms with E-state index in [0.29, 0.717) is 11.5 Å². The molecule has 0 spiro atoms. The Bertz CT molecular complexity index is 415. The minimum Gasteiger partial charge on any atom is -0.497 e. The number of nitrogens with one attached hydrogen (secondary N) is 1. The Morgan fingerprint density at radius 3 is 3.12 bits per heavy atom. The zero-order valence-corrected chi connectivity index (χ0v) is 10.0.